The molecular formula is C10H10N2O. The van der Waals surface area contributed by atoms with Crippen molar-refractivity contribution in [1.82, 2.24) is 0 Å². The fraction of sp³-hybridized carbons (Fsp3) is 0.200. The molecule has 0 aromatic heterocycles. The molecule has 1 amide bonds. The first-order valence-corrected chi connectivity index (χ1v) is 3.94. The van der Waals surface area contributed by atoms with E-state index in [-0.39, 0.29) is 11.8 Å². The topological polar surface area (TPSA) is 66.9 Å². The number of carbonyl (C=O) groups is 1. The molecule has 0 radical (unpaired) electrons. The Kier molecular flexibility index (Phi) is 2.65. The van der Waals surface area contributed by atoms with Crippen LogP contribution in [0.5, 0.6) is 0 Å². The third-order valence-electron chi connectivity index (χ3n) is 1.97. The number of carbonyl (C=O) groups excluding carboxylic acids is 1. The maximum absolute atomic E-state index is 10.8. The van der Waals surface area contributed by atoms with Crippen molar-refractivity contribution in [3.63, 3.8) is 0 Å². The van der Waals surface area contributed by atoms with Gasteiger partial charge in [0.2, 0.25) is 5.91 Å². The molecule has 1 aromatic rings. The van der Waals surface area contributed by atoms with Crippen molar-refractivity contribution in [3.8, 4) is 6.07 Å². The van der Waals surface area contributed by atoms with Gasteiger partial charge in [-0.05, 0) is 24.6 Å². The Labute approximate surface area is 76.8 Å². The average molecular weight is 174 g/mol. The first-order valence-electron chi connectivity index (χ1n) is 3.94. The van der Waals surface area contributed by atoms with Crippen LogP contribution in [0.2, 0.25) is 0 Å². The molecule has 1 unspecified atom stereocenters. The molecule has 0 saturated carbocycles. The molecule has 66 valence electrons. The van der Waals surface area contributed by atoms with Crippen molar-refractivity contribution in [1.29, 1.82) is 5.26 Å². The highest BCUT2D eigenvalue weighted by Crippen LogP contribution is 2.14. The van der Waals surface area contributed by atoms with Gasteiger partial charge in [-0.3, -0.25) is 4.79 Å². The van der Waals surface area contributed by atoms with Crippen LogP contribution in [0.25, 0.3) is 0 Å². The van der Waals surface area contributed by atoms with Gasteiger partial charge in [0.05, 0.1) is 17.6 Å². The number of amides is 1. The second-order valence-electron chi connectivity index (χ2n) is 2.86. The Hall–Kier alpha value is -1.82. The maximum Gasteiger partial charge on any atom is 0.224 e. The molecule has 0 aliphatic heterocycles. The molecule has 0 fully saturated rings. The van der Waals surface area contributed by atoms with E-state index in [1.54, 1.807) is 31.2 Å². The minimum atomic E-state index is -0.357. The van der Waals surface area contributed by atoms with E-state index in [4.69, 9.17) is 11.0 Å². The van der Waals surface area contributed by atoms with Gasteiger partial charge in [0, 0.05) is 0 Å². The van der Waals surface area contributed by atoms with E-state index in [0.717, 1.165) is 5.56 Å². The van der Waals surface area contributed by atoms with E-state index < -0.39 is 0 Å². The van der Waals surface area contributed by atoms with Crippen molar-refractivity contribution < 1.29 is 4.79 Å². The number of hydrogen-bond donors (Lipinski definition) is 1. The zero-order valence-corrected chi connectivity index (χ0v) is 7.32. The molecule has 1 rings (SSSR count). The summed E-state index contributed by atoms with van der Waals surface area (Å²) in [6.45, 7) is 1.74. The van der Waals surface area contributed by atoms with Crippen LogP contribution in [0, 0.1) is 11.3 Å². The normalized spacial score (nSPS) is 11.7. The SMILES string of the molecule is CC(C(N)=O)c1ccc(C#N)cc1. The van der Waals surface area contributed by atoms with Crippen molar-refractivity contribution in [3.05, 3.63) is 35.4 Å². The minimum Gasteiger partial charge on any atom is -0.369 e. The summed E-state index contributed by atoms with van der Waals surface area (Å²) in [6, 6.07) is 8.84. The van der Waals surface area contributed by atoms with Gasteiger partial charge in [0.25, 0.3) is 0 Å². The zero-order chi connectivity index (χ0) is 9.84. The predicted octanol–water partition coefficient (Wildman–Crippen LogP) is 1.15. The van der Waals surface area contributed by atoms with Crippen LogP contribution in [-0.4, -0.2) is 5.91 Å². The summed E-state index contributed by atoms with van der Waals surface area (Å²) in [4.78, 5) is 10.8. The van der Waals surface area contributed by atoms with Crippen LogP contribution in [0.15, 0.2) is 24.3 Å². The molecule has 2 N–H and O–H groups in total. The summed E-state index contributed by atoms with van der Waals surface area (Å²) in [7, 11) is 0. The highest BCUT2D eigenvalue weighted by Gasteiger charge is 2.10. The number of primary amides is 1. The summed E-state index contributed by atoms with van der Waals surface area (Å²) in [5.74, 6) is -0.655. The number of rotatable bonds is 2. The van der Waals surface area contributed by atoms with Crippen LogP contribution in [0.3, 0.4) is 0 Å². The Morgan fingerprint density at radius 1 is 1.46 bits per heavy atom. The number of nitrogens with two attached hydrogens (primary N) is 1. The van der Waals surface area contributed by atoms with E-state index in [1.165, 1.54) is 0 Å². The van der Waals surface area contributed by atoms with Gasteiger partial charge < -0.3 is 5.73 Å². The quantitative estimate of drug-likeness (QED) is 0.730. The van der Waals surface area contributed by atoms with Crippen LogP contribution in [-0.2, 0) is 4.79 Å². The van der Waals surface area contributed by atoms with Crippen molar-refractivity contribution in [2.24, 2.45) is 5.73 Å². The zero-order valence-electron chi connectivity index (χ0n) is 7.32. The first-order chi connectivity index (χ1) is 6.15. The molecule has 0 aliphatic rings. The molecule has 3 heteroatoms. The lowest BCUT2D eigenvalue weighted by Crippen LogP contribution is -2.18. The highest BCUT2D eigenvalue weighted by molar-refractivity contribution is 5.81. The van der Waals surface area contributed by atoms with E-state index in [1.807, 2.05) is 6.07 Å². The Morgan fingerprint density at radius 3 is 2.38 bits per heavy atom. The summed E-state index contributed by atoms with van der Waals surface area (Å²) in [5, 5.41) is 8.53. The largest absolute Gasteiger partial charge is 0.369 e. The Balaban J connectivity index is 2.93. The van der Waals surface area contributed by atoms with E-state index in [2.05, 4.69) is 0 Å². The second kappa shape index (κ2) is 3.72. The van der Waals surface area contributed by atoms with Crippen molar-refractivity contribution in [2.75, 3.05) is 0 Å². The lowest BCUT2D eigenvalue weighted by Gasteiger charge is -2.06. The molecule has 0 saturated heterocycles. The van der Waals surface area contributed by atoms with Gasteiger partial charge in [-0.1, -0.05) is 12.1 Å². The molecule has 3 nitrogen and oxygen atoms in total. The van der Waals surface area contributed by atoms with Gasteiger partial charge in [0.15, 0.2) is 0 Å². The van der Waals surface area contributed by atoms with Crippen LogP contribution in [0.4, 0.5) is 0 Å². The van der Waals surface area contributed by atoms with Gasteiger partial charge in [-0.2, -0.15) is 5.26 Å². The lowest BCUT2D eigenvalue weighted by atomic mass is 10.00. The minimum absolute atomic E-state index is 0.298. The fourth-order valence-corrected chi connectivity index (χ4v) is 1.01. The smallest absolute Gasteiger partial charge is 0.224 e. The van der Waals surface area contributed by atoms with E-state index in [9.17, 15) is 4.79 Å². The predicted molar refractivity (Wildman–Crippen MR) is 48.8 cm³/mol. The number of nitrogens with zero attached hydrogens (tertiary/aromatic N) is 1. The molecular weight excluding hydrogens is 164 g/mol. The van der Waals surface area contributed by atoms with Gasteiger partial charge in [0.1, 0.15) is 0 Å². The first kappa shape index (κ1) is 9.27. The standard InChI is InChI=1S/C10H10N2O/c1-7(10(12)13)9-4-2-8(6-11)3-5-9/h2-5,7H,1H3,(H2,12,13). The molecule has 13 heavy (non-hydrogen) atoms. The van der Waals surface area contributed by atoms with Gasteiger partial charge >= 0.3 is 0 Å². The van der Waals surface area contributed by atoms with Crippen molar-refractivity contribution >= 4 is 5.91 Å². The second-order valence-corrected chi connectivity index (χ2v) is 2.86. The third kappa shape index (κ3) is 2.06. The van der Waals surface area contributed by atoms with E-state index in [0.29, 0.717) is 5.56 Å². The monoisotopic (exact) mass is 174 g/mol. The molecule has 0 heterocycles. The molecule has 0 aliphatic carbocycles. The third-order valence-corrected chi connectivity index (χ3v) is 1.97. The number of benzene rings is 1. The lowest BCUT2D eigenvalue weighted by molar-refractivity contribution is -0.119. The molecule has 1 aromatic carbocycles. The Bertz CT molecular complexity index is 348. The van der Waals surface area contributed by atoms with Crippen LogP contribution >= 0.6 is 0 Å². The summed E-state index contributed by atoms with van der Waals surface area (Å²) >= 11 is 0. The average Bonchev–Trinajstić information content (AvgIpc) is 2.17. The highest BCUT2D eigenvalue weighted by atomic mass is 16.1. The van der Waals surface area contributed by atoms with Crippen LogP contribution in [0.1, 0.15) is 24.0 Å². The fourth-order valence-electron chi connectivity index (χ4n) is 1.01. The summed E-state index contributed by atoms with van der Waals surface area (Å²) in [6.07, 6.45) is 0. The summed E-state index contributed by atoms with van der Waals surface area (Å²) < 4.78 is 0. The van der Waals surface area contributed by atoms with Gasteiger partial charge in [-0.15, -0.1) is 0 Å². The Morgan fingerprint density at radius 2 is 2.00 bits per heavy atom. The van der Waals surface area contributed by atoms with E-state index >= 15 is 0 Å². The van der Waals surface area contributed by atoms with Crippen LogP contribution < -0.4 is 5.73 Å². The number of nitriles is 1. The summed E-state index contributed by atoms with van der Waals surface area (Å²) in [5.41, 5.74) is 6.56. The number of hydrogen-bond acceptors (Lipinski definition) is 2. The van der Waals surface area contributed by atoms with Gasteiger partial charge in [-0.25, -0.2) is 0 Å². The molecule has 1 atom stereocenters. The molecule has 0 bridgehead atoms. The maximum atomic E-state index is 10.8. The molecule has 0 spiro atoms. The van der Waals surface area contributed by atoms with Crippen molar-refractivity contribution in [2.45, 2.75) is 12.8 Å².